The Hall–Kier alpha value is -1.000. The molecule has 6 rings (SSSR count). The van der Waals surface area contributed by atoms with Crippen molar-refractivity contribution in [3.8, 4) is 22.3 Å². The van der Waals surface area contributed by atoms with Crippen LogP contribution in [0.25, 0.3) is 34.4 Å². The van der Waals surface area contributed by atoms with Crippen LogP contribution in [0.1, 0.15) is 56.2 Å². The first kappa shape index (κ1) is 33.9. The predicted molar refractivity (Wildman–Crippen MR) is 179 cm³/mol. The van der Waals surface area contributed by atoms with E-state index in [1.807, 2.05) is 0 Å². The van der Waals surface area contributed by atoms with Gasteiger partial charge in [0.05, 0.1) is 0 Å². The minimum Gasteiger partial charge on any atom is -1.00 e. The average Bonchev–Trinajstić information content (AvgIpc) is 3.53. The largest absolute Gasteiger partial charge is 1.00 e. The monoisotopic (exact) mass is 812 g/mol. The molecule has 214 valence electrons. The van der Waals surface area contributed by atoms with Crippen LogP contribution in [0.4, 0.5) is 0 Å². The smallest absolute Gasteiger partial charge is 1.00 e. The van der Waals surface area contributed by atoms with Crippen molar-refractivity contribution in [2.24, 2.45) is 0 Å². The SMILES string of the molecule is CCC1=Cc2c(-c3ccc(Br)cc3)cccc2[CH]1[Zr+2]([CH]1C(CC)=Cc2c(-c3ccc(Br)cc3)cccc21)=[Si](C)C.[Cl-].[Cl-]. The van der Waals surface area contributed by atoms with Gasteiger partial charge in [-0.2, -0.15) is 0 Å². The van der Waals surface area contributed by atoms with Gasteiger partial charge in [0.2, 0.25) is 0 Å². The summed E-state index contributed by atoms with van der Waals surface area (Å²) in [5, 5.41) is 0. The predicted octanol–water partition coefficient (Wildman–Crippen LogP) is 5.82. The fraction of sp³-hybridized carbons (Fsp3) is 0.222. The van der Waals surface area contributed by atoms with Gasteiger partial charge in [-0.25, -0.2) is 0 Å². The van der Waals surface area contributed by atoms with Crippen LogP contribution < -0.4 is 24.8 Å². The summed E-state index contributed by atoms with van der Waals surface area (Å²) >= 11 is 5.12. The van der Waals surface area contributed by atoms with Crippen molar-refractivity contribution >= 4 is 49.4 Å². The van der Waals surface area contributed by atoms with Crippen LogP contribution in [0, 0.1) is 0 Å². The third kappa shape index (κ3) is 6.24. The summed E-state index contributed by atoms with van der Waals surface area (Å²) in [7, 11) is 0. The maximum absolute atomic E-state index is 3.62. The number of rotatable bonds is 6. The van der Waals surface area contributed by atoms with Crippen LogP contribution in [0.3, 0.4) is 0 Å². The number of hydrogen-bond acceptors (Lipinski definition) is 0. The Labute approximate surface area is 288 Å². The molecule has 2 unspecified atom stereocenters. The van der Waals surface area contributed by atoms with E-state index >= 15 is 0 Å². The third-order valence-corrected chi connectivity index (χ3v) is 29.2. The summed E-state index contributed by atoms with van der Waals surface area (Å²) in [6.45, 7) is 10.0. The molecule has 4 aromatic rings. The third-order valence-electron chi connectivity index (χ3n) is 8.63. The van der Waals surface area contributed by atoms with Crippen molar-refractivity contribution in [1.29, 1.82) is 0 Å². The van der Waals surface area contributed by atoms with E-state index in [0.717, 1.165) is 21.8 Å². The van der Waals surface area contributed by atoms with E-state index in [4.69, 9.17) is 0 Å². The summed E-state index contributed by atoms with van der Waals surface area (Å²) in [5.41, 5.74) is 14.5. The van der Waals surface area contributed by atoms with Gasteiger partial charge in [0.15, 0.2) is 0 Å². The molecule has 0 heterocycles. The fourth-order valence-corrected chi connectivity index (χ4v) is 28.1. The van der Waals surface area contributed by atoms with E-state index in [-0.39, 0.29) is 24.8 Å². The zero-order valence-corrected chi connectivity index (χ0v) is 32.5. The number of allylic oxidation sites excluding steroid dienone is 2. The quantitative estimate of drug-likeness (QED) is 0.216. The molecule has 0 aromatic heterocycles. The molecule has 42 heavy (non-hydrogen) atoms. The number of hydrogen-bond donors (Lipinski definition) is 0. The molecule has 6 heteroatoms. The Morgan fingerprint density at radius 3 is 1.31 bits per heavy atom. The molecule has 0 amide bonds. The summed E-state index contributed by atoms with van der Waals surface area (Å²) in [6, 6.07) is 31.9. The van der Waals surface area contributed by atoms with Gasteiger partial charge in [-0.1, -0.05) is 0 Å². The first-order valence-corrected chi connectivity index (χ1v) is 24.9. The van der Waals surface area contributed by atoms with Gasteiger partial charge in [0, 0.05) is 0 Å². The molecule has 0 nitrogen and oxygen atoms in total. The molecule has 0 saturated carbocycles. The van der Waals surface area contributed by atoms with Crippen LogP contribution in [0.2, 0.25) is 13.1 Å². The first-order chi connectivity index (χ1) is 19.4. The minimum atomic E-state index is -2.13. The van der Waals surface area contributed by atoms with Crippen LogP contribution in [0.15, 0.2) is 105 Å². The van der Waals surface area contributed by atoms with Crippen molar-refractivity contribution in [3.05, 3.63) is 127 Å². The number of benzene rings is 4. The molecular formula is C36H34Br2Cl2SiZr. The molecule has 4 aromatic carbocycles. The van der Waals surface area contributed by atoms with Crippen molar-refractivity contribution < 1.29 is 45.2 Å². The van der Waals surface area contributed by atoms with E-state index in [9.17, 15) is 0 Å². The van der Waals surface area contributed by atoms with Crippen molar-refractivity contribution in [2.45, 2.75) is 47.0 Å². The molecule has 0 spiro atoms. The van der Waals surface area contributed by atoms with Crippen LogP contribution >= 0.6 is 31.9 Å². The Balaban J connectivity index is 0.00000202. The fourth-order valence-electron chi connectivity index (χ4n) is 6.78. The van der Waals surface area contributed by atoms with E-state index in [1.165, 1.54) is 33.4 Å². The summed E-state index contributed by atoms with van der Waals surface area (Å²) in [5.74, 6) is 0. The van der Waals surface area contributed by atoms with Gasteiger partial charge in [0.25, 0.3) is 0 Å². The molecule has 0 aliphatic heterocycles. The Morgan fingerprint density at radius 1 is 0.595 bits per heavy atom. The van der Waals surface area contributed by atoms with Crippen molar-refractivity contribution in [3.63, 3.8) is 0 Å². The van der Waals surface area contributed by atoms with E-state index in [1.54, 1.807) is 22.3 Å². The maximum atomic E-state index is 3.62. The molecule has 0 saturated heterocycles. The topological polar surface area (TPSA) is 0 Å². The zero-order chi connectivity index (χ0) is 28.0. The second-order valence-electron chi connectivity index (χ2n) is 11.1. The second-order valence-corrected chi connectivity index (χ2v) is 30.8. The zero-order valence-electron chi connectivity index (χ0n) is 24.3. The van der Waals surface area contributed by atoms with Gasteiger partial charge in [-0.05, 0) is 0 Å². The average molecular weight is 817 g/mol. The molecule has 2 aliphatic rings. The Bertz CT molecular complexity index is 1580. The molecule has 0 N–H and O–H groups in total. The van der Waals surface area contributed by atoms with E-state index in [0.29, 0.717) is 7.25 Å². The Kier molecular flexibility index (Phi) is 11.6. The summed E-state index contributed by atoms with van der Waals surface area (Å²) in [4.78, 5) is 0. The van der Waals surface area contributed by atoms with Gasteiger partial charge in [0.1, 0.15) is 0 Å². The van der Waals surface area contributed by atoms with Crippen molar-refractivity contribution in [1.82, 2.24) is 0 Å². The van der Waals surface area contributed by atoms with E-state index in [2.05, 4.69) is 156 Å². The van der Waals surface area contributed by atoms with Gasteiger partial charge >= 0.3 is 266 Å². The van der Waals surface area contributed by atoms with Crippen LogP contribution in [0.5, 0.6) is 0 Å². The first-order valence-electron chi connectivity index (χ1n) is 14.3. The minimum absolute atomic E-state index is 0. The summed E-state index contributed by atoms with van der Waals surface area (Å²) in [6.07, 6.45) is 7.46. The second kappa shape index (κ2) is 14.4. The standard InChI is InChI=1S/2C17H14Br.C2H6Si.2ClH.Zr/c2*1-2-12-10-14-4-3-5-16(17(14)11-12)13-6-8-15(18)9-7-13;1-3-2;;;/h2*3-11H,2H2,1H3;1-2H3;2*1H;/q;;;;;+2/p-2. The van der Waals surface area contributed by atoms with Gasteiger partial charge in [-0.15, -0.1) is 0 Å². The summed E-state index contributed by atoms with van der Waals surface area (Å²) < 4.78 is 3.58. The van der Waals surface area contributed by atoms with Gasteiger partial charge in [-0.3, -0.25) is 0 Å². The maximum Gasteiger partial charge on any atom is -1.00 e. The number of fused-ring (bicyclic) bond motifs is 2. The molecule has 0 radical (unpaired) electrons. The van der Waals surface area contributed by atoms with E-state index < -0.39 is 25.8 Å². The van der Waals surface area contributed by atoms with Crippen molar-refractivity contribution in [2.75, 3.05) is 0 Å². The molecule has 2 atom stereocenters. The molecular weight excluding hydrogens is 782 g/mol. The Morgan fingerprint density at radius 2 is 0.976 bits per heavy atom. The normalized spacial score (nSPS) is 16.2. The molecule has 2 aliphatic carbocycles. The molecule has 0 bridgehead atoms. The molecule has 0 fully saturated rings. The van der Waals surface area contributed by atoms with Crippen LogP contribution in [-0.4, -0.2) is 5.43 Å². The van der Waals surface area contributed by atoms with Gasteiger partial charge < -0.3 is 24.8 Å². The number of halogens is 4. The van der Waals surface area contributed by atoms with Crippen LogP contribution in [-0.2, 0) is 20.4 Å².